The Morgan fingerprint density at radius 2 is 2.17 bits per heavy atom. The van der Waals surface area contributed by atoms with Crippen molar-refractivity contribution in [2.75, 3.05) is 13.2 Å². The Bertz CT molecular complexity index is 730. The number of carbonyl (C=O) groups excluding carboxylic acids is 1. The molecule has 0 bridgehead atoms. The van der Waals surface area contributed by atoms with E-state index >= 15 is 0 Å². The van der Waals surface area contributed by atoms with Crippen molar-refractivity contribution < 1.29 is 14.3 Å². The van der Waals surface area contributed by atoms with Crippen LogP contribution in [0.4, 0.5) is 0 Å². The van der Waals surface area contributed by atoms with Crippen molar-refractivity contribution >= 4 is 5.97 Å². The molecule has 2 aromatic rings. The Morgan fingerprint density at radius 3 is 2.83 bits per heavy atom. The summed E-state index contributed by atoms with van der Waals surface area (Å²) in [7, 11) is 1.86. The number of hydrogen-bond donors (Lipinski definition) is 0. The van der Waals surface area contributed by atoms with Crippen LogP contribution < -0.4 is 4.74 Å². The van der Waals surface area contributed by atoms with Gasteiger partial charge in [0.15, 0.2) is 0 Å². The molecule has 1 aromatic carbocycles. The van der Waals surface area contributed by atoms with Crippen molar-refractivity contribution in [1.29, 1.82) is 5.26 Å². The van der Waals surface area contributed by atoms with Gasteiger partial charge >= 0.3 is 5.97 Å². The van der Waals surface area contributed by atoms with Gasteiger partial charge in [-0.1, -0.05) is 0 Å². The molecule has 118 valence electrons. The van der Waals surface area contributed by atoms with Gasteiger partial charge in [-0.2, -0.15) is 10.4 Å². The SMILES string of the molecule is Cn1cc([C@@H]2C[C@@H]2C(=O)OCCOc2ccc(C#N)cc2)cn1. The van der Waals surface area contributed by atoms with Crippen molar-refractivity contribution in [2.24, 2.45) is 13.0 Å². The van der Waals surface area contributed by atoms with E-state index in [1.54, 1.807) is 35.1 Å². The molecule has 0 radical (unpaired) electrons. The Labute approximate surface area is 134 Å². The highest BCUT2D eigenvalue weighted by Gasteiger charge is 2.45. The van der Waals surface area contributed by atoms with Crippen molar-refractivity contribution in [3.8, 4) is 11.8 Å². The van der Waals surface area contributed by atoms with Crippen LogP contribution in [0, 0.1) is 17.2 Å². The highest BCUT2D eigenvalue weighted by Crippen LogP contribution is 2.47. The van der Waals surface area contributed by atoms with E-state index in [2.05, 4.69) is 5.10 Å². The van der Waals surface area contributed by atoms with Crippen LogP contribution in [0.2, 0.25) is 0 Å². The van der Waals surface area contributed by atoms with Crippen molar-refractivity contribution in [2.45, 2.75) is 12.3 Å². The van der Waals surface area contributed by atoms with Gasteiger partial charge in [-0.3, -0.25) is 9.48 Å². The van der Waals surface area contributed by atoms with Crippen LogP contribution in [-0.2, 0) is 16.6 Å². The normalized spacial score (nSPS) is 19.0. The van der Waals surface area contributed by atoms with Gasteiger partial charge in [0.1, 0.15) is 19.0 Å². The zero-order valence-electron chi connectivity index (χ0n) is 12.8. The van der Waals surface area contributed by atoms with Gasteiger partial charge < -0.3 is 9.47 Å². The van der Waals surface area contributed by atoms with E-state index in [1.807, 2.05) is 19.3 Å². The number of ether oxygens (including phenoxy) is 2. The van der Waals surface area contributed by atoms with Gasteiger partial charge in [0.25, 0.3) is 0 Å². The lowest BCUT2D eigenvalue weighted by Gasteiger charge is -2.07. The van der Waals surface area contributed by atoms with E-state index < -0.39 is 0 Å². The molecule has 1 heterocycles. The molecule has 23 heavy (non-hydrogen) atoms. The fourth-order valence-electron chi connectivity index (χ4n) is 2.49. The number of aryl methyl sites for hydroxylation is 1. The minimum absolute atomic E-state index is 0.0610. The van der Waals surface area contributed by atoms with Crippen LogP contribution >= 0.6 is 0 Å². The van der Waals surface area contributed by atoms with Crippen LogP contribution in [-0.4, -0.2) is 29.0 Å². The number of benzene rings is 1. The smallest absolute Gasteiger partial charge is 0.309 e. The number of esters is 1. The molecule has 1 saturated carbocycles. The first-order valence-electron chi connectivity index (χ1n) is 7.45. The lowest BCUT2D eigenvalue weighted by molar-refractivity contribution is -0.146. The molecule has 0 aliphatic heterocycles. The van der Waals surface area contributed by atoms with Crippen LogP contribution in [0.3, 0.4) is 0 Å². The molecule has 1 aliphatic carbocycles. The molecular formula is C17H17N3O3. The lowest BCUT2D eigenvalue weighted by atomic mass is 10.2. The number of hydrogen-bond acceptors (Lipinski definition) is 5. The van der Waals surface area contributed by atoms with Crippen LogP contribution in [0.15, 0.2) is 36.7 Å². The Hall–Kier alpha value is -2.81. The summed E-state index contributed by atoms with van der Waals surface area (Å²) in [5, 5.41) is 12.8. The summed E-state index contributed by atoms with van der Waals surface area (Å²) in [4.78, 5) is 11.9. The average Bonchev–Trinajstić information content (AvgIpc) is 3.26. The van der Waals surface area contributed by atoms with Crippen LogP contribution in [0.5, 0.6) is 5.75 Å². The second kappa shape index (κ2) is 6.53. The molecule has 0 spiro atoms. The molecule has 6 heteroatoms. The molecule has 6 nitrogen and oxygen atoms in total. The second-order valence-corrected chi connectivity index (χ2v) is 5.55. The summed E-state index contributed by atoms with van der Waals surface area (Å²) in [5.41, 5.74) is 1.67. The Morgan fingerprint density at radius 1 is 1.39 bits per heavy atom. The predicted octanol–water partition coefficient (Wildman–Crippen LogP) is 2.02. The van der Waals surface area contributed by atoms with Gasteiger partial charge in [-0.15, -0.1) is 0 Å². The van der Waals surface area contributed by atoms with E-state index in [9.17, 15) is 4.79 Å². The third kappa shape index (κ3) is 3.69. The summed E-state index contributed by atoms with van der Waals surface area (Å²) in [5.74, 6) is 0.645. The number of carbonyl (C=O) groups is 1. The fraction of sp³-hybridized carbons (Fsp3) is 0.353. The predicted molar refractivity (Wildman–Crippen MR) is 81.7 cm³/mol. The third-order valence-electron chi connectivity index (χ3n) is 3.83. The number of aromatic nitrogens is 2. The minimum Gasteiger partial charge on any atom is -0.490 e. The first-order chi connectivity index (χ1) is 11.2. The maximum atomic E-state index is 11.9. The minimum atomic E-state index is -0.178. The van der Waals surface area contributed by atoms with Crippen molar-refractivity contribution in [3.63, 3.8) is 0 Å². The fourth-order valence-corrected chi connectivity index (χ4v) is 2.49. The van der Waals surface area contributed by atoms with Crippen LogP contribution in [0.25, 0.3) is 0 Å². The first-order valence-corrected chi connectivity index (χ1v) is 7.45. The number of rotatable bonds is 6. The zero-order valence-corrected chi connectivity index (χ0v) is 12.8. The maximum absolute atomic E-state index is 11.9. The summed E-state index contributed by atoms with van der Waals surface area (Å²) >= 11 is 0. The van der Waals surface area contributed by atoms with Crippen molar-refractivity contribution in [3.05, 3.63) is 47.8 Å². The zero-order chi connectivity index (χ0) is 16.2. The van der Waals surface area contributed by atoms with Gasteiger partial charge in [0.2, 0.25) is 0 Å². The highest BCUT2D eigenvalue weighted by molar-refractivity contribution is 5.77. The van der Waals surface area contributed by atoms with Crippen LogP contribution in [0.1, 0.15) is 23.5 Å². The molecule has 0 amide bonds. The van der Waals surface area contributed by atoms with Gasteiger partial charge in [0.05, 0.1) is 23.7 Å². The molecule has 1 aliphatic rings. The average molecular weight is 311 g/mol. The molecule has 0 saturated heterocycles. The number of nitriles is 1. The van der Waals surface area contributed by atoms with E-state index in [4.69, 9.17) is 14.7 Å². The van der Waals surface area contributed by atoms with E-state index in [-0.39, 0.29) is 24.4 Å². The second-order valence-electron chi connectivity index (χ2n) is 5.55. The largest absolute Gasteiger partial charge is 0.490 e. The maximum Gasteiger partial charge on any atom is 0.309 e. The Balaban J connectivity index is 1.38. The molecule has 0 unspecified atom stereocenters. The first kappa shape index (κ1) is 15.1. The van der Waals surface area contributed by atoms with Gasteiger partial charge in [-0.05, 0) is 36.2 Å². The summed E-state index contributed by atoms with van der Waals surface area (Å²) < 4.78 is 12.5. The molecule has 2 atom stereocenters. The highest BCUT2D eigenvalue weighted by atomic mass is 16.6. The topological polar surface area (TPSA) is 77.1 Å². The quantitative estimate of drug-likeness (QED) is 0.602. The summed E-state index contributed by atoms with van der Waals surface area (Å²) in [6, 6.07) is 8.86. The molecular weight excluding hydrogens is 294 g/mol. The van der Waals surface area contributed by atoms with Crippen molar-refractivity contribution in [1.82, 2.24) is 9.78 Å². The van der Waals surface area contributed by atoms with E-state index in [1.165, 1.54) is 0 Å². The monoisotopic (exact) mass is 311 g/mol. The third-order valence-corrected chi connectivity index (χ3v) is 3.83. The summed E-state index contributed by atoms with van der Waals surface area (Å²) in [6.07, 6.45) is 4.55. The molecule has 0 N–H and O–H groups in total. The standard InChI is InChI=1S/C17H17N3O3/c1-20-11-13(10-19-20)15-8-16(15)17(21)23-7-6-22-14-4-2-12(9-18)3-5-14/h2-5,10-11,15-16H,6-8H2,1H3/t15-,16-/m0/s1. The van der Waals surface area contributed by atoms with Gasteiger partial charge in [0, 0.05) is 19.2 Å². The Kier molecular flexibility index (Phi) is 4.29. The lowest BCUT2D eigenvalue weighted by Crippen LogP contribution is -2.14. The van der Waals surface area contributed by atoms with Gasteiger partial charge in [-0.25, -0.2) is 0 Å². The van der Waals surface area contributed by atoms with E-state index in [0.29, 0.717) is 17.9 Å². The molecule has 1 fully saturated rings. The van der Waals surface area contributed by atoms with E-state index in [0.717, 1.165) is 12.0 Å². The molecule has 3 rings (SSSR count). The summed E-state index contributed by atoms with van der Waals surface area (Å²) in [6.45, 7) is 0.511. The molecule has 1 aromatic heterocycles. The number of nitrogens with zero attached hydrogens (tertiary/aromatic N) is 3.